The summed E-state index contributed by atoms with van der Waals surface area (Å²) < 4.78 is 5.61. The zero-order chi connectivity index (χ0) is 14.7. The molecule has 0 atom stereocenters. The molecule has 0 amide bonds. The Kier molecular flexibility index (Phi) is 4.46. The molecule has 0 radical (unpaired) electrons. The minimum absolute atomic E-state index is 0.0545. The van der Waals surface area contributed by atoms with Gasteiger partial charge in [-0.2, -0.15) is 0 Å². The Bertz CT molecular complexity index is 633. The van der Waals surface area contributed by atoms with Crippen LogP contribution in [-0.2, 0) is 0 Å². The summed E-state index contributed by atoms with van der Waals surface area (Å²) in [6, 6.07) is 12.6. The van der Waals surface area contributed by atoms with E-state index in [0.717, 1.165) is 5.56 Å². The SMILES string of the molecule is Cc1ccc(C(=O)c2cccc(OC(C)C)c2)cc1Cl. The quantitative estimate of drug-likeness (QED) is 0.765. The minimum Gasteiger partial charge on any atom is -0.491 e. The molecule has 0 saturated heterocycles. The highest BCUT2D eigenvalue weighted by Gasteiger charge is 2.11. The minimum atomic E-state index is -0.0545. The van der Waals surface area contributed by atoms with Crippen LogP contribution < -0.4 is 4.74 Å². The Morgan fingerprint density at radius 3 is 2.45 bits per heavy atom. The highest BCUT2D eigenvalue weighted by Crippen LogP contribution is 2.21. The largest absolute Gasteiger partial charge is 0.491 e. The molecule has 0 fully saturated rings. The number of ketones is 1. The van der Waals surface area contributed by atoms with E-state index >= 15 is 0 Å². The molecule has 104 valence electrons. The van der Waals surface area contributed by atoms with Crippen LogP contribution in [0.25, 0.3) is 0 Å². The maximum Gasteiger partial charge on any atom is 0.193 e. The summed E-state index contributed by atoms with van der Waals surface area (Å²) in [5, 5.41) is 0.602. The van der Waals surface area contributed by atoms with E-state index in [1.165, 1.54) is 0 Å². The van der Waals surface area contributed by atoms with Gasteiger partial charge in [-0.15, -0.1) is 0 Å². The number of halogens is 1. The summed E-state index contributed by atoms with van der Waals surface area (Å²) in [4.78, 5) is 12.4. The van der Waals surface area contributed by atoms with E-state index in [0.29, 0.717) is 21.9 Å². The van der Waals surface area contributed by atoms with E-state index in [4.69, 9.17) is 16.3 Å². The molecule has 0 aliphatic carbocycles. The molecular weight excluding hydrogens is 272 g/mol. The third-order valence-corrected chi connectivity index (χ3v) is 3.31. The van der Waals surface area contributed by atoms with Crippen molar-refractivity contribution in [2.75, 3.05) is 0 Å². The lowest BCUT2D eigenvalue weighted by Crippen LogP contribution is -2.07. The predicted molar refractivity (Wildman–Crippen MR) is 81.8 cm³/mol. The van der Waals surface area contributed by atoms with Crippen molar-refractivity contribution in [2.24, 2.45) is 0 Å². The van der Waals surface area contributed by atoms with Crippen molar-refractivity contribution in [3.8, 4) is 5.75 Å². The van der Waals surface area contributed by atoms with Crippen LogP contribution in [0, 0.1) is 6.92 Å². The summed E-state index contributed by atoms with van der Waals surface area (Å²) in [6.07, 6.45) is 0.0779. The molecule has 0 aliphatic heterocycles. The molecule has 0 saturated carbocycles. The summed E-state index contributed by atoms with van der Waals surface area (Å²) in [6.45, 7) is 5.82. The normalized spacial score (nSPS) is 10.7. The van der Waals surface area contributed by atoms with Gasteiger partial charge >= 0.3 is 0 Å². The van der Waals surface area contributed by atoms with Gasteiger partial charge in [0.2, 0.25) is 0 Å². The number of hydrogen-bond acceptors (Lipinski definition) is 2. The Labute approximate surface area is 124 Å². The predicted octanol–water partition coefficient (Wildman–Crippen LogP) is 4.67. The number of rotatable bonds is 4. The van der Waals surface area contributed by atoms with Crippen LogP contribution in [0.5, 0.6) is 5.75 Å². The van der Waals surface area contributed by atoms with Gasteiger partial charge < -0.3 is 4.74 Å². The van der Waals surface area contributed by atoms with Crippen LogP contribution in [0.2, 0.25) is 5.02 Å². The lowest BCUT2D eigenvalue weighted by molar-refractivity contribution is 0.103. The van der Waals surface area contributed by atoms with Gasteiger partial charge in [-0.25, -0.2) is 0 Å². The number of carbonyl (C=O) groups is 1. The Morgan fingerprint density at radius 2 is 1.80 bits per heavy atom. The summed E-state index contributed by atoms with van der Waals surface area (Å²) >= 11 is 6.07. The maximum atomic E-state index is 12.4. The van der Waals surface area contributed by atoms with Gasteiger partial charge in [0.1, 0.15) is 5.75 Å². The van der Waals surface area contributed by atoms with Gasteiger partial charge in [-0.1, -0.05) is 35.9 Å². The third-order valence-electron chi connectivity index (χ3n) is 2.90. The number of aryl methyl sites for hydroxylation is 1. The lowest BCUT2D eigenvalue weighted by Gasteiger charge is -2.10. The van der Waals surface area contributed by atoms with Crippen LogP contribution in [0.1, 0.15) is 35.3 Å². The Hall–Kier alpha value is -1.80. The van der Waals surface area contributed by atoms with Crippen molar-refractivity contribution >= 4 is 17.4 Å². The first kappa shape index (κ1) is 14.6. The molecular formula is C17H17ClO2. The molecule has 3 heteroatoms. The molecule has 0 unspecified atom stereocenters. The fourth-order valence-electron chi connectivity index (χ4n) is 1.88. The van der Waals surface area contributed by atoms with Gasteiger partial charge in [-0.3, -0.25) is 4.79 Å². The molecule has 2 aromatic carbocycles. The number of carbonyl (C=O) groups excluding carboxylic acids is 1. The van der Waals surface area contributed by atoms with Gasteiger partial charge in [0.25, 0.3) is 0 Å². The fourth-order valence-corrected chi connectivity index (χ4v) is 2.06. The molecule has 2 nitrogen and oxygen atoms in total. The maximum absolute atomic E-state index is 12.4. The second kappa shape index (κ2) is 6.10. The smallest absolute Gasteiger partial charge is 0.193 e. The second-order valence-corrected chi connectivity index (χ2v) is 5.39. The molecule has 20 heavy (non-hydrogen) atoms. The fraction of sp³-hybridized carbons (Fsp3) is 0.235. The van der Waals surface area contributed by atoms with Crippen LogP contribution in [0.15, 0.2) is 42.5 Å². The van der Waals surface area contributed by atoms with E-state index in [1.54, 1.807) is 24.3 Å². The molecule has 0 N–H and O–H groups in total. The van der Waals surface area contributed by atoms with Crippen molar-refractivity contribution in [1.82, 2.24) is 0 Å². The highest BCUT2D eigenvalue weighted by molar-refractivity contribution is 6.31. The molecule has 0 heterocycles. The number of benzene rings is 2. The first-order valence-corrected chi connectivity index (χ1v) is 6.92. The number of hydrogen-bond donors (Lipinski definition) is 0. The van der Waals surface area contributed by atoms with Crippen molar-refractivity contribution in [3.05, 3.63) is 64.2 Å². The monoisotopic (exact) mass is 288 g/mol. The molecule has 0 spiro atoms. The van der Waals surface area contributed by atoms with E-state index in [9.17, 15) is 4.79 Å². The van der Waals surface area contributed by atoms with Crippen LogP contribution in [0.3, 0.4) is 0 Å². The second-order valence-electron chi connectivity index (χ2n) is 4.99. The summed E-state index contributed by atoms with van der Waals surface area (Å²) in [5.41, 5.74) is 2.14. The third kappa shape index (κ3) is 3.40. The van der Waals surface area contributed by atoms with Crippen LogP contribution in [0.4, 0.5) is 0 Å². The van der Waals surface area contributed by atoms with Gasteiger partial charge in [0.15, 0.2) is 5.78 Å². The summed E-state index contributed by atoms with van der Waals surface area (Å²) in [5.74, 6) is 0.644. The zero-order valence-corrected chi connectivity index (χ0v) is 12.6. The number of ether oxygens (including phenoxy) is 1. The Morgan fingerprint density at radius 1 is 1.10 bits per heavy atom. The van der Waals surface area contributed by atoms with E-state index in [1.807, 2.05) is 39.0 Å². The van der Waals surface area contributed by atoms with Crippen LogP contribution >= 0.6 is 11.6 Å². The molecule has 2 aromatic rings. The highest BCUT2D eigenvalue weighted by atomic mass is 35.5. The van der Waals surface area contributed by atoms with Crippen molar-refractivity contribution in [1.29, 1.82) is 0 Å². The van der Waals surface area contributed by atoms with Crippen molar-refractivity contribution in [2.45, 2.75) is 26.9 Å². The average molecular weight is 289 g/mol. The first-order chi connectivity index (χ1) is 9.47. The van der Waals surface area contributed by atoms with E-state index in [2.05, 4.69) is 0 Å². The molecule has 0 aromatic heterocycles. The van der Waals surface area contributed by atoms with Crippen molar-refractivity contribution in [3.63, 3.8) is 0 Å². The van der Waals surface area contributed by atoms with E-state index in [-0.39, 0.29) is 11.9 Å². The summed E-state index contributed by atoms with van der Waals surface area (Å²) in [7, 11) is 0. The van der Waals surface area contributed by atoms with Gasteiger partial charge in [0.05, 0.1) is 6.10 Å². The average Bonchev–Trinajstić information content (AvgIpc) is 2.40. The lowest BCUT2D eigenvalue weighted by atomic mass is 10.0. The van der Waals surface area contributed by atoms with Crippen LogP contribution in [-0.4, -0.2) is 11.9 Å². The zero-order valence-electron chi connectivity index (χ0n) is 11.8. The molecule has 0 aliphatic rings. The van der Waals surface area contributed by atoms with E-state index < -0.39 is 0 Å². The molecule has 2 rings (SSSR count). The van der Waals surface area contributed by atoms with Gasteiger partial charge in [-0.05, 0) is 44.5 Å². The topological polar surface area (TPSA) is 26.3 Å². The standard InChI is InChI=1S/C17H17ClO2/c1-11(2)20-15-6-4-5-13(9-15)17(19)14-8-7-12(3)16(18)10-14/h4-11H,1-3H3. The molecule has 0 bridgehead atoms. The Balaban J connectivity index is 2.30. The van der Waals surface area contributed by atoms with Crippen molar-refractivity contribution < 1.29 is 9.53 Å². The first-order valence-electron chi connectivity index (χ1n) is 6.55. The van der Waals surface area contributed by atoms with Gasteiger partial charge in [0, 0.05) is 16.1 Å².